The standard InChI is InChI=1S/C60H40N6/c1-3-23-45(24-4-1)65-57(63-55-35-17-37-61-59(55)65)43-21-15-19-41(39-43)47-27-7-9-29-49(47)51-31-11-13-33-53(51)54-34-14-12-32-52(54)50-30-10-8-28-48(50)42-20-16-22-44(40-42)58-64-56-36-18-38-62-60(56)66(58)46-25-5-2-6-26-46/h1-40H. The first-order valence-corrected chi connectivity index (χ1v) is 22.1. The van der Waals surface area contributed by atoms with Crippen LogP contribution in [0.15, 0.2) is 243 Å². The third-order valence-electron chi connectivity index (χ3n) is 12.3. The zero-order valence-electron chi connectivity index (χ0n) is 35.8. The predicted molar refractivity (Wildman–Crippen MR) is 269 cm³/mol. The van der Waals surface area contributed by atoms with Crippen molar-refractivity contribution in [3.63, 3.8) is 0 Å². The van der Waals surface area contributed by atoms with E-state index < -0.39 is 0 Å². The molecule has 0 atom stereocenters. The number of aromatic nitrogens is 6. The fraction of sp³-hybridized carbons (Fsp3) is 0. The van der Waals surface area contributed by atoms with E-state index in [1.54, 1.807) is 0 Å². The Bertz CT molecular complexity index is 3470. The average Bonchev–Trinajstić information content (AvgIpc) is 3.99. The molecule has 12 aromatic rings. The van der Waals surface area contributed by atoms with Gasteiger partial charge in [0.05, 0.1) is 0 Å². The van der Waals surface area contributed by atoms with Crippen LogP contribution in [-0.4, -0.2) is 29.1 Å². The Balaban J connectivity index is 0.959. The molecule has 0 N–H and O–H groups in total. The lowest BCUT2D eigenvalue weighted by molar-refractivity contribution is 1.08. The van der Waals surface area contributed by atoms with Gasteiger partial charge in [0.25, 0.3) is 0 Å². The van der Waals surface area contributed by atoms with Crippen molar-refractivity contribution in [3.05, 3.63) is 243 Å². The van der Waals surface area contributed by atoms with Gasteiger partial charge in [0.15, 0.2) is 11.3 Å². The summed E-state index contributed by atoms with van der Waals surface area (Å²) >= 11 is 0. The van der Waals surface area contributed by atoms with E-state index in [2.05, 4.69) is 203 Å². The molecule has 0 radical (unpaired) electrons. The molecule has 0 bridgehead atoms. The van der Waals surface area contributed by atoms with Crippen molar-refractivity contribution < 1.29 is 0 Å². The Kier molecular flexibility index (Phi) is 9.73. The van der Waals surface area contributed by atoms with Crippen molar-refractivity contribution in [2.75, 3.05) is 0 Å². The Morgan fingerprint density at radius 2 is 0.576 bits per heavy atom. The van der Waals surface area contributed by atoms with Crippen LogP contribution in [0.1, 0.15) is 0 Å². The number of fused-ring (bicyclic) bond motifs is 2. The van der Waals surface area contributed by atoms with Crippen LogP contribution in [0.4, 0.5) is 0 Å². The number of hydrogen-bond acceptors (Lipinski definition) is 4. The van der Waals surface area contributed by atoms with E-state index in [0.717, 1.165) is 112 Å². The maximum absolute atomic E-state index is 5.14. The minimum atomic E-state index is 0.827. The second-order valence-corrected chi connectivity index (χ2v) is 16.2. The highest BCUT2D eigenvalue weighted by Gasteiger charge is 2.21. The van der Waals surface area contributed by atoms with E-state index in [1.807, 2.05) is 48.8 Å². The predicted octanol–water partition coefficient (Wildman–Crippen LogP) is 14.8. The molecule has 4 heterocycles. The lowest BCUT2D eigenvalue weighted by atomic mass is 9.85. The zero-order chi connectivity index (χ0) is 43.8. The molecule has 0 unspecified atom stereocenters. The van der Waals surface area contributed by atoms with E-state index in [4.69, 9.17) is 19.9 Å². The molecule has 8 aromatic carbocycles. The van der Waals surface area contributed by atoms with Crippen molar-refractivity contribution in [1.82, 2.24) is 29.1 Å². The van der Waals surface area contributed by atoms with Gasteiger partial charge in [0, 0.05) is 34.9 Å². The first-order valence-electron chi connectivity index (χ1n) is 22.1. The number of pyridine rings is 2. The Morgan fingerprint density at radius 3 is 0.955 bits per heavy atom. The molecule has 0 fully saturated rings. The molecule has 0 saturated carbocycles. The second-order valence-electron chi connectivity index (χ2n) is 16.2. The van der Waals surface area contributed by atoms with Gasteiger partial charge in [-0.05, 0) is 116 Å². The fourth-order valence-electron chi connectivity index (χ4n) is 9.35. The van der Waals surface area contributed by atoms with E-state index in [9.17, 15) is 0 Å². The zero-order valence-corrected chi connectivity index (χ0v) is 35.8. The van der Waals surface area contributed by atoms with Gasteiger partial charge in [0.1, 0.15) is 22.7 Å². The van der Waals surface area contributed by atoms with Crippen molar-refractivity contribution in [2.24, 2.45) is 0 Å². The van der Waals surface area contributed by atoms with E-state index >= 15 is 0 Å². The molecule has 6 nitrogen and oxygen atoms in total. The molecule has 0 aliphatic carbocycles. The van der Waals surface area contributed by atoms with Crippen LogP contribution in [0.5, 0.6) is 0 Å². The summed E-state index contributed by atoms with van der Waals surface area (Å²) in [6, 6.07) is 81.1. The van der Waals surface area contributed by atoms with Crippen LogP contribution in [0.25, 0.3) is 112 Å². The fourth-order valence-corrected chi connectivity index (χ4v) is 9.35. The van der Waals surface area contributed by atoms with Gasteiger partial charge < -0.3 is 0 Å². The molecular formula is C60H40N6. The van der Waals surface area contributed by atoms with Crippen LogP contribution in [0.3, 0.4) is 0 Å². The molecule has 0 aliphatic rings. The van der Waals surface area contributed by atoms with Crippen molar-refractivity contribution in [1.29, 1.82) is 0 Å². The minimum Gasteiger partial charge on any atom is -0.277 e. The molecule has 6 heteroatoms. The average molecular weight is 845 g/mol. The van der Waals surface area contributed by atoms with E-state index in [1.165, 1.54) is 0 Å². The summed E-state index contributed by atoms with van der Waals surface area (Å²) in [5.74, 6) is 1.69. The van der Waals surface area contributed by atoms with Crippen molar-refractivity contribution >= 4 is 22.3 Å². The smallest absolute Gasteiger partial charge is 0.164 e. The molecule has 0 amide bonds. The number of imidazole rings is 2. The highest BCUT2D eigenvalue weighted by molar-refractivity contribution is 5.99. The Hall–Kier alpha value is -9.00. The summed E-state index contributed by atoms with van der Waals surface area (Å²) in [5, 5.41) is 0. The summed E-state index contributed by atoms with van der Waals surface area (Å²) in [5.41, 5.74) is 18.8. The molecule has 4 aromatic heterocycles. The quantitative estimate of drug-likeness (QED) is 0.145. The van der Waals surface area contributed by atoms with E-state index in [-0.39, 0.29) is 0 Å². The highest BCUT2D eigenvalue weighted by atomic mass is 15.1. The monoisotopic (exact) mass is 844 g/mol. The summed E-state index contributed by atoms with van der Waals surface area (Å²) in [7, 11) is 0. The van der Waals surface area contributed by atoms with Gasteiger partial charge in [-0.25, -0.2) is 19.9 Å². The topological polar surface area (TPSA) is 61.4 Å². The van der Waals surface area contributed by atoms with Crippen LogP contribution < -0.4 is 0 Å². The first kappa shape index (κ1) is 38.7. The van der Waals surface area contributed by atoms with Gasteiger partial charge in [-0.15, -0.1) is 0 Å². The summed E-state index contributed by atoms with van der Waals surface area (Å²) in [6.07, 6.45) is 3.66. The summed E-state index contributed by atoms with van der Waals surface area (Å²) in [4.78, 5) is 19.8. The normalized spacial score (nSPS) is 11.3. The number of para-hydroxylation sites is 2. The SMILES string of the molecule is c1ccc(-n2c(-c3cccc(-c4ccccc4-c4ccccc4-c4ccccc4-c4ccccc4-c4cccc(-c5nc6cccnc6n5-c5ccccc5)c4)c3)nc3cccnc32)cc1. The largest absolute Gasteiger partial charge is 0.277 e. The molecular weight excluding hydrogens is 805 g/mol. The Morgan fingerprint density at radius 1 is 0.258 bits per heavy atom. The van der Waals surface area contributed by atoms with Gasteiger partial charge in [-0.1, -0.05) is 170 Å². The molecule has 66 heavy (non-hydrogen) atoms. The maximum Gasteiger partial charge on any atom is 0.164 e. The Labute approximate surface area is 382 Å². The van der Waals surface area contributed by atoms with Crippen LogP contribution in [0.2, 0.25) is 0 Å². The molecule has 310 valence electrons. The number of hydrogen-bond donors (Lipinski definition) is 0. The van der Waals surface area contributed by atoms with Gasteiger partial charge >= 0.3 is 0 Å². The minimum absolute atomic E-state index is 0.827. The van der Waals surface area contributed by atoms with Crippen LogP contribution in [-0.2, 0) is 0 Å². The highest BCUT2D eigenvalue weighted by Crippen LogP contribution is 2.44. The molecule has 0 aliphatic heterocycles. The lowest BCUT2D eigenvalue weighted by Crippen LogP contribution is -1.98. The lowest BCUT2D eigenvalue weighted by Gasteiger charge is -2.19. The second kappa shape index (κ2) is 16.6. The number of rotatable bonds is 9. The van der Waals surface area contributed by atoms with Gasteiger partial charge in [0.2, 0.25) is 0 Å². The van der Waals surface area contributed by atoms with Gasteiger partial charge in [-0.3, -0.25) is 9.13 Å². The van der Waals surface area contributed by atoms with Crippen LogP contribution in [0, 0.1) is 0 Å². The third-order valence-corrected chi connectivity index (χ3v) is 12.3. The number of benzene rings is 8. The van der Waals surface area contributed by atoms with Crippen LogP contribution >= 0.6 is 0 Å². The van der Waals surface area contributed by atoms with E-state index in [0.29, 0.717) is 0 Å². The van der Waals surface area contributed by atoms with Crippen molar-refractivity contribution in [2.45, 2.75) is 0 Å². The molecule has 12 rings (SSSR count). The number of nitrogens with zero attached hydrogens (tertiary/aromatic N) is 6. The summed E-state index contributed by atoms with van der Waals surface area (Å²) in [6.45, 7) is 0. The third kappa shape index (κ3) is 6.85. The van der Waals surface area contributed by atoms with Gasteiger partial charge in [-0.2, -0.15) is 0 Å². The molecule has 0 saturated heterocycles. The molecule has 0 spiro atoms. The summed E-state index contributed by atoms with van der Waals surface area (Å²) < 4.78 is 4.30. The first-order chi connectivity index (χ1) is 32.8. The van der Waals surface area contributed by atoms with Crippen molar-refractivity contribution in [3.8, 4) is 89.8 Å². The maximum atomic E-state index is 5.14.